The Morgan fingerprint density at radius 2 is 1.96 bits per heavy atom. The molecule has 1 aromatic heterocycles. The number of aryl methyl sites for hydroxylation is 2. The van der Waals surface area contributed by atoms with Crippen LogP contribution in [-0.4, -0.2) is 33.7 Å². The summed E-state index contributed by atoms with van der Waals surface area (Å²) in [7, 11) is 1.91. The van der Waals surface area contributed by atoms with Crippen molar-refractivity contribution in [2.24, 2.45) is 5.92 Å². The molecule has 0 radical (unpaired) electrons. The topological polar surface area (TPSA) is 38.1 Å². The Bertz CT molecular complexity index is 698. The fourth-order valence-electron chi connectivity index (χ4n) is 3.04. The summed E-state index contributed by atoms with van der Waals surface area (Å²) in [6, 6.07) is 10.3. The monoisotopic (exact) mass is 311 g/mol. The van der Waals surface area contributed by atoms with Crippen LogP contribution in [-0.2, 0) is 6.54 Å². The number of amides is 1. The summed E-state index contributed by atoms with van der Waals surface area (Å²) < 4.78 is 1.99. The average Bonchev–Trinajstić information content (AvgIpc) is 3.33. The highest BCUT2D eigenvalue weighted by Gasteiger charge is 2.32. The fraction of sp³-hybridized carbons (Fsp3) is 0.474. The third-order valence-corrected chi connectivity index (χ3v) is 4.87. The van der Waals surface area contributed by atoms with Gasteiger partial charge in [0.05, 0.1) is 12.2 Å². The molecule has 4 nitrogen and oxygen atoms in total. The molecule has 0 bridgehead atoms. The zero-order chi connectivity index (χ0) is 16.6. The number of hydrogen-bond acceptors (Lipinski definition) is 2. The first-order valence-electron chi connectivity index (χ1n) is 8.33. The largest absolute Gasteiger partial charge is 0.339 e. The molecule has 1 aliphatic carbocycles. The van der Waals surface area contributed by atoms with Gasteiger partial charge in [0, 0.05) is 24.3 Å². The van der Waals surface area contributed by atoms with Crippen molar-refractivity contribution in [3.63, 3.8) is 0 Å². The highest BCUT2D eigenvalue weighted by Crippen LogP contribution is 2.35. The van der Waals surface area contributed by atoms with Crippen molar-refractivity contribution in [3.8, 4) is 0 Å². The van der Waals surface area contributed by atoms with E-state index < -0.39 is 0 Å². The van der Waals surface area contributed by atoms with Crippen LogP contribution in [0.3, 0.4) is 0 Å². The standard InChI is InChI=1S/C19H25N3O/c1-13-11-14(2)22(20-13)12-16-5-7-18(8-6-16)19(23)21(4)15(3)17-9-10-17/h5-8,11,15,17H,9-10,12H2,1-4H3. The number of hydrogen-bond donors (Lipinski definition) is 0. The van der Waals surface area contributed by atoms with Crippen LogP contribution in [0.1, 0.15) is 47.1 Å². The first-order chi connectivity index (χ1) is 11.0. The molecule has 2 aromatic rings. The highest BCUT2D eigenvalue weighted by atomic mass is 16.2. The Morgan fingerprint density at radius 1 is 1.30 bits per heavy atom. The summed E-state index contributed by atoms with van der Waals surface area (Å²) >= 11 is 0. The van der Waals surface area contributed by atoms with Crippen LogP contribution < -0.4 is 0 Å². The maximum absolute atomic E-state index is 12.6. The van der Waals surface area contributed by atoms with Gasteiger partial charge in [-0.25, -0.2) is 0 Å². The van der Waals surface area contributed by atoms with E-state index in [9.17, 15) is 4.79 Å². The minimum atomic E-state index is 0.113. The van der Waals surface area contributed by atoms with Crippen molar-refractivity contribution in [2.75, 3.05) is 7.05 Å². The fourth-order valence-corrected chi connectivity index (χ4v) is 3.04. The van der Waals surface area contributed by atoms with Crippen LogP contribution in [0.25, 0.3) is 0 Å². The van der Waals surface area contributed by atoms with Crippen molar-refractivity contribution in [2.45, 2.75) is 46.2 Å². The summed E-state index contributed by atoms with van der Waals surface area (Å²) in [5.74, 6) is 0.802. The lowest BCUT2D eigenvalue weighted by atomic mass is 10.1. The molecule has 1 amide bonds. The van der Waals surface area contributed by atoms with Gasteiger partial charge < -0.3 is 4.90 Å². The molecule has 1 heterocycles. The second-order valence-corrected chi connectivity index (χ2v) is 6.78. The van der Waals surface area contributed by atoms with E-state index in [1.807, 2.05) is 47.8 Å². The predicted molar refractivity (Wildman–Crippen MR) is 91.5 cm³/mol. The molecule has 1 saturated carbocycles. The van der Waals surface area contributed by atoms with Gasteiger partial charge >= 0.3 is 0 Å². The van der Waals surface area contributed by atoms with Crippen molar-refractivity contribution >= 4 is 5.91 Å². The molecule has 1 fully saturated rings. The molecule has 1 aromatic carbocycles. The molecule has 0 spiro atoms. The van der Waals surface area contributed by atoms with Gasteiger partial charge in [-0.2, -0.15) is 5.10 Å². The molecule has 122 valence electrons. The van der Waals surface area contributed by atoms with Gasteiger partial charge in [0.1, 0.15) is 0 Å². The molecular formula is C19H25N3O. The third-order valence-electron chi connectivity index (χ3n) is 4.87. The van der Waals surface area contributed by atoms with Crippen molar-refractivity contribution in [1.29, 1.82) is 0 Å². The van der Waals surface area contributed by atoms with E-state index in [0.29, 0.717) is 12.0 Å². The van der Waals surface area contributed by atoms with Crippen molar-refractivity contribution in [3.05, 3.63) is 52.8 Å². The predicted octanol–water partition coefficient (Wildman–Crippen LogP) is 3.42. The minimum Gasteiger partial charge on any atom is -0.339 e. The quantitative estimate of drug-likeness (QED) is 0.848. The SMILES string of the molecule is Cc1cc(C)n(Cc2ccc(C(=O)N(C)C(C)C3CC3)cc2)n1. The molecule has 0 aliphatic heterocycles. The third kappa shape index (κ3) is 3.46. The van der Waals surface area contributed by atoms with Crippen LogP contribution in [0.2, 0.25) is 0 Å². The Hall–Kier alpha value is -2.10. The molecular weight excluding hydrogens is 286 g/mol. The van der Waals surface area contributed by atoms with Crippen LogP contribution in [0.15, 0.2) is 30.3 Å². The lowest BCUT2D eigenvalue weighted by Crippen LogP contribution is -2.36. The van der Waals surface area contributed by atoms with Gasteiger partial charge in [-0.1, -0.05) is 12.1 Å². The molecule has 1 aliphatic rings. The second kappa shape index (κ2) is 6.19. The van der Waals surface area contributed by atoms with Crippen LogP contribution in [0, 0.1) is 19.8 Å². The maximum atomic E-state index is 12.6. The summed E-state index contributed by atoms with van der Waals surface area (Å²) in [4.78, 5) is 14.4. The normalized spacial score (nSPS) is 15.5. The van der Waals surface area contributed by atoms with E-state index in [4.69, 9.17) is 0 Å². The van der Waals surface area contributed by atoms with Gasteiger partial charge in [-0.05, 0) is 63.3 Å². The summed E-state index contributed by atoms with van der Waals surface area (Å²) in [5, 5.41) is 4.48. The Morgan fingerprint density at radius 3 is 2.48 bits per heavy atom. The summed E-state index contributed by atoms with van der Waals surface area (Å²) in [5.41, 5.74) is 4.10. The number of aromatic nitrogens is 2. The van der Waals surface area contributed by atoms with Gasteiger partial charge in [0.15, 0.2) is 0 Å². The van der Waals surface area contributed by atoms with E-state index >= 15 is 0 Å². The zero-order valence-corrected chi connectivity index (χ0v) is 14.4. The molecule has 23 heavy (non-hydrogen) atoms. The van der Waals surface area contributed by atoms with Crippen LogP contribution >= 0.6 is 0 Å². The van der Waals surface area contributed by atoms with Gasteiger partial charge in [-0.15, -0.1) is 0 Å². The molecule has 1 unspecified atom stereocenters. The smallest absolute Gasteiger partial charge is 0.253 e. The molecule has 3 rings (SSSR count). The second-order valence-electron chi connectivity index (χ2n) is 6.78. The molecule has 0 N–H and O–H groups in total. The molecule has 1 atom stereocenters. The molecule has 0 saturated heterocycles. The van der Waals surface area contributed by atoms with Crippen molar-refractivity contribution in [1.82, 2.24) is 14.7 Å². The van der Waals surface area contributed by atoms with Crippen molar-refractivity contribution < 1.29 is 4.79 Å². The van der Waals surface area contributed by atoms with E-state index in [-0.39, 0.29) is 5.91 Å². The zero-order valence-electron chi connectivity index (χ0n) is 14.4. The average molecular weight is 311 g/mol. The van der Waals surface area contributed by atoms with Crippen LogP contribution in [0.4, 0.5) is 0 Å². The van der Waals surface area contributed by atoms with Gasteiger partial charge in [-0.3, -0.25) is 9.48 Å². The van der Waals surface area contributed by atoms with Gasteiger partial charge in [0.25, 0.3) is 5.91 Å². The lowest BCUT2D eigenvalue weighted by molar-refractivity contribution is 0.0727. The Kier molecular flexibility index (Phi) is 4.24. The minimum absolute atomic E-state index is 0.113. The highest BCUT2D eigenvalue weighted by molar-refractivity contribution is 5.94. The van der Waals surface area contributed by atoms with E-state index in [0.717, 1.165) is 29.1 Å². The summed E-state index contributed by atoms with van der Waals surface area (Å²) in [6.07, 6.45) is 2.50. The number of carbonyl (C=O) groups excluding carboxylic acids is 1. The number of carbonyl (C=O) groups is 1. The van der Waals surface area contributed by atoms with E-state index in [1.165, 1.54) is 12.8 Å². The summed E-state index contributed by atoms with van der Waals surface area (Å²) in [6.45, 7) is 6.95. The number of benzene rings is 1. The number of nitrogens with zero attached hydrogens (tertiary/aromatic N) is 3. The lowest BCUT2D eigenvalue weighted by Gasteiger charge is -2.25. The van der Waals surface area contributed by atoms with E-state index in [1.54, 1.807) is 0 Å². The first kappa shape index (κ1) is 15.8. The molecule has 4 heteroatoms. The van der Waals surface area contributed by atoms with Gasteiger partial charge in [0.2, 0.25) is 0 Å². The first-order valence-corrected chi connectivity index (χ1v) is 8.33. The Labute approximate surface area is 138 Å². The van der Waals surface area contributed by atoms with Crippen LogP contribution in [0.5, 0.6) is 0 Å². The van der Waals surface area contributed by atoms with E-state index in [2.05, 4.69) is 25.0 Å². The Balaban J connectivity index is 1.69. The number of rotatable bonds is 5. The maximum Gasteiger partial charge on any atom is 0.253 e.